The highest BCUT2D eigenvalue weighted by Crippen LogP contribution is 2.44. The SMILES string of the molecule is CC1=[N+](CCC(=O)O)c2ccc3c(S(=O)(=O)[O-])cccc3c2C1(C)C. The lowest BCUT2D eigenvalue weighted by Crippen LogP contribution is -2.27. The van der Waals surface area contributed by atoms with Crippen LogP contribution < -0.4 is 0 Å². The summed E-state index contributed by atoms with van der Waals surface area (Å²) < 4.78 is 36.7. The highest BCUT2D eigenvalue weighted by Gasteiger charge is 2.44. The summed E-state index contributed by atoms with van der Waals surface area (Å²) in [4.78, 5) is 10.7. The molecule has 0 amide bonds. The van der Waals surface area contributed by atoms with E-state index in [9.17, 15) is 17.8 Å². The topological polar surface area (TPSA) is 97.5 Å². The van der Waals surface area contributed by atoms with Gasteiger partial charge in [-0.15, -0.1) is 0 Å². The monoisotopic (exact) mass is 361 g/mol. The van der Waals surface area contributed by atoms with Crippen molar-refractivity contribution in [2.45, 2.75) is 37.5 Å². The summed E-state index contributed by atoms with van der Waals surface area (Å²) in [6.07, 6.45) is -0.000123. The molecule has 1 aliphatic rings. The van der Waals surface area contributed by atoms with Crippen molar-refractivity contribution < 1.29 is 27.4 Å². The Labute approximate surface area is 146 Å². The second kappa shape index (κ2) is 5.64. The lowest BCUT2D eigenvalue weighted by molar-refractivity contribution is -0.438. The quantitative estimate of drug-likeness (QED) is 0.667. The molecule has 0 aromatic heterocycles. The number of hydrogen-bond donors (Lipinski definition) is 1. The van der Waals surface area contributed by atoms with Gasteiger partial charge in [-0.3, -0.25) is 4.79 Å². The number of carbonyl (C=O) groups is 1. The van der Waals surface area contributed by atoms with E-state index in [1.165, 1.54) is 6.07 Å². The number of benzene rings is 2. The summed E-state index contributed by atoms with van der Waals surface area (Å²) >= 11 is 0. The number of hydrogen-bond acceptors (Lipinski definition) is 4. The van der Waals surface area contributed by atoms with Gasteiger partial charge in [0.05, 0.1) is 10.3 Å². The van der Waals surface area contributed by atoms with E-state index in [0.29, 0.717) is 17.3 Å². The molecule has 7 heteroatoms. The van der Waals surface area contributed by atoms with Crippen molar-refractivity contribution in [2.24, 2.45) is 0 Å². The zero-order valence-corrected chi connectivity index (χ0v) is 15.1. The molecule has 0 saturated carbocycles. The summed E-state index contributed by atoms with van der Waals surface area (Å²) in [5, 5.41) is 10.1. The van der Waals surface area contributed by atoms with Gasteiger partial charge in [-0.2, -0.15) is 4.58 Å². The second-order valence-electron chi connectivity index (χ2n) is 6.77. The van der Waals surface area contributed by atoms with Gasteiger partial charge in [0.1, 0.15) is 16.5 Å². The molecule has 1 N–H and O–H groups in total. The first-order valence-electron chi connectivity index (χ1n) is 7.90. The van der Waals surface area contributed by atoms with E-state index in [2.05, 4.69) is 0 Å². The van der Waals surface area contributed by atoms with Crippen LogP contribution in [0.3, 0.4) is 0 Å². The predicted molar refractivity (Wildman–Crippen MR) is 92.7 cm³/mol. The maximum absolute atomic E-state index is 11.6. The van der Waals surface area contributed by atoms with Crippen LogP contribution in [0.15, 0.2) is 35.2 Å². The van der Waals surface area contributed by atoms with Crippen molar-refractivity contribution >= 4 is 38.3 Å². The number of rotatable bonds is 4. The predicted octanol–water partition coefficient (Wildman–Crippen LogP) is 2.61. The van der Waals surface area contributed by atoms with Gasteiger partial charge in [0.2, 0.25) is 5.69 Å². The lowest BCUT2D eigenvalue weighted by atomic mass is 9.80. The van der Waals surface area contributed by atoms with Gasteiger partial charge in [-0.1, -0.05) is 12.1 Å². The molecule has 0 unspecified atom stereocenters. The summed E-state index contributed by atoms with van der Waals surface area (Å²) in [6.45, 7) is 6.31. The minimum atomic E-state index is -4.58. The molecule has 25 heavy (non-hydrogen) atoms. The molecule has 0 fully saturated rings. The minimum absolute atomic E-state index is 0.000123. The Balaban J connectivity index is 2.30. The highest BCUT2D eigenvalue weighted by molar-refractivity contribution is 7.86. The Morgan fingerprint density at radius 2 is 1.88 bits per heavy atom. The van der Waals surface area contributed by atoms with E-state index in [1.807, 2.05) is 25.3 Å². The normalized spacial score (nSPS) is 16.3. The molecule has 0 radical (unpaired) electrons. The Morgan fingerprint density at radius 1 is 1.20 bits per heavy atom. The van der Waals surface area contributed by atoms with Gasteiger partial charge in [0.25, 0.3) is 0 Å². The highest BCUT2D eigenvalue weighted by atomic mass is 32.2. The van der Waals surface area contributed by atoms with Crippen LogP contribution in [0.4, 0.5) is 5.69 Å². The van der Waals surface area contributed by atoms with Crippen molar-refractivity contribution in [2.75, 3.05) is 6.54 Å². The van der Waals surface area contributed by atoms with Crippen molar-refractivity contribution in [1.82, 2.24) is 0 Å². The first kappa shape index (κ1) is 17.6. The fourth-order valence-corrected chi connectivity index (χ4v) is 4.30. The molecular formula is C18H19NO5S. The number of aliphatic carboxylic acids is 1. The first-order valence-corrected chi connectivity index (χ1v) is 9.31. The van der Waals surface area contributed by atoms with Gasteiger partial charge in [0.15, 0.2) is 12.3 Å². The first-order chi connectivity index (χ1) is 11.5. The fourth-order valence-electron chi connectivity index (χ4n) is 3.61. The zero-order valence-electron chi connectivity index (χ0n) is 14.2. The smallest absolute Gasteiger partial charge is 0.309 e. The zero-order chi connectivity index (χ0) is 18.6. The Bertz CT molecular complexity index is 1030. The molecule has 0 aliphatic carbocycles. The molecule has 2 aromatic rings. The van der Waals surface area contributed by atoms with E-state index in [1.54, 1.807) is 24.3 Å². The van der Waals surface area contributed by atoms with E-state index in [0.717, 1.165) is 17.0 Å². The van der Waals surface area contributed by atoms with Crippen LogP contribution in [0.1, 0.15) is 32.8 Å². The van der Waals surface area contributed by atoms with Crippen LogP contribution in [-0.4, -0.2) is 40.9 Å². The number of fused-ring (bicyclic) bond motifs is 3. The third-order valence-electron chi connectivity index (χ3n) is 5.04. The van der Waals surface area contributed by atoms with Crippen LogP contribution in [-0.2, 0) is 20.3 Å². The largest absolute Gasteiger partial charge is 0.744 e. The second-order valence-corrected chi connectivity index (χ2v) is 8.12. The molecule has 0 atom stereocenters. The van der Waals surface area contributed by atoms with Crippen LogP contribution in [0.2, 0.25) is 0 Å². The molecule has 1 aliphatic heterocycles. The van der Waals surface area contributed by atoms with Gasteiger partial charge in [-0.25, -0.2) is 8.42 Å². The van der Waals surface area contributed by atoms with Crippen molar-refractivity contribution in [3.63, 3.8) is 0 Å². The molecular weight excluding hydrogens is 342 g/mol. The standard InChI is InChI=1S/C18H19NO5S/c1-11-18(2,3)17-13-5-4-6-15(25(22,23)24)12(13)7-8-14(17)19(11)10-9-16(20)21/h4-8H,9-10H2,1-3H3,(H-,20,21,22,23,24). The summed E-state index contributed by atoms with van der Waals surface area (Å²) in [5.74, 6) is -0.875. The molecule has 6 nitrogen and oxygen atoms in total. The van der Waals surface area contributed by atoms with Crippen molar-refractivity contribution in [3.05, 3.63) is 35.9 Å². The van der Waals surface area contributed by atoms with Gasteiger partial charge in [-0.05, 0) is 36.8 Å². The Hall–Kier alpha value is -2.25. The summed E-state index contributed by atoms with van der Waals surface area (Å²) in [6, 6.07) is 8.09. The van der Waals surface area contributed by atoms with E-state index in [4.69, 9.17) is 5.11 Å². The molecule has 0 bridgehead atoms. The van der Waals surface area contributed by atoms with E-state index in [-0.39, 0.29) is 11.3 Å². The van der Waals surface area contributed by atoms with Crippen LogP contribution >= 0.6 is 0 Å². The Morgan fingerprint density at radius 3 is 2.48 bits per heavy atom. The van der Waals surface area contributed by atoms with Gasteiger partial charge >= 0.3 is 5.97 Å². The lowest BCUT2D eigenvalue weighted by Gasteiger charge is -2.18. The summed E-state index contributed by atoms with van der Waals surface area (Å²) in [7, 11) is -4.58. The van der Waals surface area contributed by atoms with Crippen LogP contribution in [0.5, 0.6) is 0 Å². The average molecular weight is 361 g/mol. The number of carboxylic acid groups (broad SMARTS) is 1. The van der Waals surface area contributed by atoms with E-state index >= 15 is 0 Å². The molecule has 0 saturated heterocycles. The summed E-state index contributed by atoms with van der Waals surface area (Å²) in [5.41, 5.74) is 2.36. The maximum atomic E-state index is 11.6. The van der Waals surface area contributed by atoms with Crippen molar-refractivity contribution in [3.8, 4) is 0 Å². The molecule has 132 valence electrons. The maximum Gasteiger partial charge on any atom is 0.309 e. The number of carboxylic acids is 1. The van der Waals surface area contributed by atoms with E-state index < -0.39 is 21.5 Å². The molecule has 2 aromatic carbocycles. The van der Waals surface area contributed by atoms with Gasteiger partial charge < -0.3 is 9.66 Å². The average Bonchev–Trinajstić information content (AvgIpc) is 2.71. The third-order valence-corrected chi connectivity index (χ3v) is 5.94. The minimum Gasteiger partial charge on any atom is -0.744 e. The van der Waals surface area contributed by atoms with Crippen LogP contribution in [0.25, 0.3) is 10.8 Å². The van der Waals surface area contributed by atoms with Crippen molar-refractivity contribution in [1.29, 1.82) is 0 Å². The number of nitrogens with zero attached hydrogens (tertiary/aromatic N) is 1. The molecule has 1 heterocycles. The molecule has 3 rings (SSSR count). The Kier molecular flexibility index (Phi) is 3.96. The fraction of sp³-hybridized carbons (Fsp3) is 0.333. The van der Waals surface area contributed by atoms with Crippen LogP contribution in [0, 0.1) is 0 Å². The molecule has 0 spiro atoms. The van der Waals surface area contributed by atoms with Gasteiger partial charge in [0, 0.05) is 18.6 Å². The third kappa shape index (κ3) is 2.73.